The van der Waals surface area contributed by atoms with Crippen LogP contribution in [0.15, 0.2) is 0 Å². The summed E-state index contributed by atoms with van der Waals surface area (Å²) in [5.74, 6) is 3.81. The third-order valence-electron chi connectivity index (χ3n) is 7.14. The average molecular weight is 1100 g/mol. The van der Waals surface area contributed by atoms with Gasteiger partial charge in [-0.2, -0.15) is 0 Å². The normalized spacial score (nSPS) is 16.1. The van der Waals surface area contributed by atoms with Gasteiger partial charge >= 0.3 is 23.9 Å². The molecule has 24 heteroatoms. The quantitative estimate of drug-likeness (QED) is 0.0251. The Balaban J connectivity index is 7.94. The molecule has 4 unspecified atom stereocenters. The summed E-state index contributed by atoms with van der Waals surface area (Å²) >= 11 is 0. The van der Waals surface area contributed by atoms with E-state index in [-0.39, 0.29) is 3.41 Å². The minimum Gasteiger partial charge on any atom is -0.331 e. The largest absolute Gasteiger partial charge is 0.808 e. The second-order valence-corrected chi connectivity index (χ2v) is 54.8. The molecule has 0 N–H and O–H groups in total. The molecule has 0 amide bonds. The van der Waals surface area contributed by atoms with E-state index in [1.54, 1.807) is 0 Å². The molecular weight excluding hydrogens is 1020 g/mol. The van der Waals surface area contributed by atoms with Crippen molar-refractivity contribution >= 4 is 143 Å². The molecule has 0 saturated heterocycles. The lowest BCUT2D eigenvalue weighted by molar-refractivity contribution is 0.0958. The van der Waals surface area contributed by atoms with Gasteiger partial charge in [0.25, 0.3) is 0 Å². The third-order valence-corrected chi connectivity index (χ3v) is 68.1. The van der Waals surface area contributed by atoms with Crippen LogP contribution < -0.4 is 0 Å². The number of hydrogen-bond donors (Lipinski definition) is 0. The maximum Gasteiger partial charge on any atom is 0.808 e. The van der Waals surface area contributed by atoms with Gasteiger partial charge in [-0.25, -0.2) is 0 Å². The van der Waals surface area contributed by atoms with Gasteiger partial charge in [0, 0.05) is 76.7 Å². The van der Waals surface area contributed by atoms with Crippen LogP contribution in [0.25, 0.3) is 0 Å². The van der Waals surface area contributed by atoms with Gasteiger partial charge in [-0.3, -0.25) is 0 Å². The second kappa shape index (κ2) is 37.5. The SMILES string of the molecule is CCO[Si](OCC)(OCC)[S+](SCC)SSC(SS[S+](SCC)[Si](OCC)(OCC)OCC)(SS[S+](SCC)[Si](OCC)(OCC)OCC)C(CC)CCCC(C)C. The van der Waals surface area contributed by atoms with Crippen molar-refractivity contribution in [1.82, 2.24) is 0 Å². The van der Waals surface area contributed by atoms with E-state index in [4.69, 9.17) is 39.8 Å². The summed E-state index contributed by atoms with van der Waals surface area (Å²) in [6.45, 7) is 37.1. The Morgan fingerprint density at radius 2 is 0.672 bits per heavy atom. The van der Waals surface area contributed by atoms with Gasteiger partial charge in [0.05, 0.1) is 32.4 Å². The predicted octanol–water partition coefficient (Wildman–Crippen LogP) is 13.9. The lowest BCUT2D eigenvalue weighted by Crippen LogP contribution is -2.51. The van der Waals surface area contributed by atoms with E-state index < -0.39 is 49.1 Å². The first-order chi connectivity index (χ1) is 27.9. The van der Waals surface area contributed by atoms with E-state index in [9.17, 15) is 0 Å². The Hall–Kier alpha value is 4.49. The molecular formula is C34H79O9S12Si3+3. The fraction of sp³-hybridized carbons (Fsp3) is 1.00. The monoisotopic (exact) mass is 1100 g/mol. The Morgan fingerprint density at radius 3 is 0.862 bits per heavy atom. The van der Waals surface area contributed by atoms with E-state index in [1.165, 1.54) is 12.8 Å². The smallest absolute Gasteiger partial charge is 0.331 e. The van der Waals surface area contributed by atoms with Crippen LogP contribution in [-0.2, 0) is 65.1 Å². The van der Waals surface area contributed by atoms with E-state index in [0.29, 0.717) is 71.3 Å². The van der Waals surface area contributed by atoms with Crippen LogP contribution in [0.2, 0.25) is 0 Å². The summed E-state index contributed by atoms with van der Waals surface area (Å²) < 4.78 is 59.2. The fourth-order valence-corrected chi connectivity index (χ4v) is 73.5. The van der Waals surface area contributed by atoms with Crippen molar-refractivity contribution in [3.05, 3.63) is 0 Å². The molecule has 58 heavy (non-hydrogen) atoms. The third kappa shape index (κ3) is 21.6. The molecule has 0 saturated carbocycles. The molecule has 0 aliphatic rings. The summed E-state index contributed by atoms with van der Waals surface area (Å²) in [5, 5.41) is 0. The molecule has 0 heterocycles. The van der Waals surface area contributed by atoms with Crippen LogP contribution in [-0.4, -0.2) is 104 Å². The highest BCUT2D eigenvalue weighted by Gasteiger charge is 2.70. The van der Waals surface area contributed by atoms with E-state index in [2.05, 4.69) is 104 Å². The molecule has 0 bridgehead atoms. The molecule has 350 valence electrons. The lowest BCUT2D eigenvalue weighted by Gasteiger charge is -2.36. The van der Waals surface area contributed by atoms with Crippen molar-refractivity contribution in [3.8, 4) is 0 Å². The molecule has 0 aromatic heterocycles. The van der Waals surface area contributed by atoms with Crippen LogP contribution in [0.3, 0.4) is 0 Å². The van der Waals surface area contributed by atoms with Crippen molar-refractivity contribution in [1.29, 1.82) is 0 Å². The Morgan fingerprint density at radius 1 is 0.414 bits per heavy atom. The second-order valence-electron chi connectivity index (χ2n) is 11.8. The van der Waals surface area contributed by atoms with Crippen molar-refractivity contribution < 1.29 is 39.8 Å². The summed E-state index contributed by atoms with van der Waals surface area (Å²) in [6, 6.07) is 0. The zero-order chi connectivity index (χ0) is 43.9. The van der Waals surface area contributed by atoms with Gasteiger partial charge in [-0.1, -0.05) is 60.8 Å². The zero-order valence-electron chi connectivity index (χ0n) is 38.0. The highest BCUT2D eigenvalue weighted by Crippen LogP contribution is 2.70. The van der Waals surface area contributed by atoms with Crippen LogP contribution in [0.4, 0.5) is 0 Å². The van der Waals surface area contributed by atoms with Crippen molar-refractivity contribution in [3.63, 3.8) is 0 Å². The number of hydrogen-bond acceptors (Lipinski definition) is 18. The molecule has 0 aromatic rings. The Bertz CT molecular complexity index is 835. The minimum atomic E-state index is -3.08. The van der Waals surface area contributed by atoms with Gasteiger partial charge in [0.1, 0.15) is 0 Å². The van der Waals surface area contributed by atoms with E-state index >= 15 is 0 Å². The van der Waals surface area contributed by atoms with E-state index in [1.807, 2.05) is 94.2 Å². The lowest BCUT2D eigenvalue weighted by atomic mass is 9.97. The maximum atomic E-state index is 6.62. The van der Waals surface area contributed by atoms with Crippen LogP contribution in [0, 0.1) is 11.8 Å². The van der Waals surface area contributed by atoms with Gasteiger partial charge in [0.2, 0.25) is 0 Å². The van der Waals surface area contributed by atoms with Gasteiger partial charge in [-0.15, -0.1) is 0 Å². The van der Waals surface area contributed by atoms with Crippen molar-refractivity contribution in [2.45, 2.75) is 133 Å². The molecule has 0 spiro atoms. The highest BCUT2D eigenvalue weighted by molar-refractivity contribution is 9.35. The number of rotatable bonds is 42. The van der Waals surface area contributed by atoms with Crippen LogP contribution >= 0.6 is 94.2 Å². The van der Waals surface area contributed by atoms with Gasteiger partial charge < -0.3 is 39.8 Å². The summed E-state index contributed by atoms with van der Waals surface area (Å²) in [6.07, 6.45) is 4.51. The molecule has 0 fully saturated rings. The first-order valence-corrected chi connectivity index (χ1v) is 44.4. The van der Waals surface area contributed by atoms with E-state index in [0.717, 1.165) is 30.1 Å². The topological polar surface area (TPSA) is 83.1 Å². The molecule has 0 rings (SSSR count). The van der Waals surface area contributed by atoms with Crippen molar-refractivity contribution in [2.75, 3.05) is 76.7 Å². The van der Waals surface area contributed by atoms with Crippen LogP contribution in [0.5, 0.6) is 0 Å². The average Bonchev–Trinajstić information content (AvgIpc) is 3.18. The van der Waals surface area contributed by atoms with Crippen molar-refractivity contribution in [2.24, 2.45) is 11.8 Å². The molecule has 4 atom stereocenters. The van der Waals surface area contributed by atoms with Crippen LogP contribution in [0.1, 0.15) is 130 Å². The first-order valence-electron chi connectivity index (χ1n) is 20.9. The minimum absolute atomic E-state index is 0.343. The molecule has 9 nitrogen and oxygen atoms in total. The fourth-order valence-electron chi connectivity index (χ4n) is 5.00. The van der Waals surface area contributed by atoms with Gasteiger partial charge in [-0.05, 0) is 113 Å². The molecule has 0 aliphatic carbocycles. The standard InChI is InChI=1S/C34H79O9S12Si3/c1-16-33(31-29-30-32(14)15)34(47-50-53(44-26-11)56(35-17-2,36-18-3)37-19-4,48-51-54(45-27-12)57(38-20-5,39-21-6)40-22-7)49-52-55(46-28-13)58(41-23-8,42-24-9)43-25-10/h32-33H,16-31H2,1-15H3/q+3. The maximum absolute atomic E-state index is 6.62. The summed E-state index contributed by atoms with van der Waals surface area (Å²) in [7, 11) is 7.06. The first kappa shape index (κ1) is 62.5. The molecule has 0 aromatic carbocycles. The summed E-state index contributed by atoms with van der Waals surface area (Å²) in [4.78, 5) is 0. The predicted molar refractivity (Wildman–Crippen MR) is 289 cm³/mol. The highest BCUT2D eigenvalue weighted by atomic mass is 33.8. The molecule has 0 aliphatic heterocycles. The Labute approximate surface area is 400 Å². The van der Waals surface area contributed by atoms with Gasteiger partial charge in [0.15, 0.2) is 58.1 Å². The zero-order valence-corrected chi connectivity index (χ0v) is 50.8. The summed E-state index contributed by atoms with van der Waals surface area (Å²) in [5.41, 5.74) is 0. The molecule has 0 radical (unpaired) electrons. The Kier molecular flexibility index (Phi) is 40.4.